The van der Waals surface area contributed by atoms with E-state index in [9.17, 15) is 4.79 Å². The van der Waals surface area contributed by atoms with Gasteiger partial charge in [-0.15, -0.1) is 11.3 Å². The van der Waals surface area contributed by atoms with Crippen LogP contribution in [-0.2, 0) is 4.74 Å². The van der Waals surface area contributed by atoms with E-state index < -0.39 is 0 Å². The van der Waals surface area contributed by atoms with Crippen molar-refractivity contribution >= 4 is 29.0 Å². The number of urea groups is 1. The van der Waals surface area contributed by atoms with Crippen molar-refractivity contribution in [1.29, 1.82) is 0 Å². The Balaban J connectivity index is 1.49. The zero-order valence-electron chi connectivity index (χ0n) is 15.0. The maximum atomic E-state index is 12.1. The van der Waals surface area contributed by atoms with Crippen LogP contribution in [0.25, 0.3) is 10.6 Å². The quantitative estimate of drug-likeness (QED) is 0.646. The number of carbonyl (C=O) groups is 1. The predicted octanol–water partition coefficient (Wildman–Crippen LogP) is 4.56. The molecule has 1 heterocycles. The van der Waals surface area contributed by atoms with Crippen molar-refractivity contribution in [3.63, 3.8) is 0 Å². The van der Waals surface area contributed by atoms with Crippen LogP contribution >= 0.6 is 22.9 Å². The number of carbonyl (C=O) groups excluding carboxylic acids is 1. The fourth-order valence-corrected chi connectivity index (χ4v) is 3.81. The average Bonchev–Trinajstić information content (AvgIpc) is 3.35. The molecule has 0 radical (unpaired) electrons. The van der Waals surface area contributed by atoms with Crippen LogP contribution in [0.4, 0.5) is 4.79 Å². The lowest BCUT2D eigenvalue weighted by atomic mass is 10.2. The van der Waals surface area contributed by atoms with Crippen molar-refractivity contribution in [2.45, 2.75) is 32.7 Å². The van der Waals surface area contributed by atoms with Crippen molar-refractivity contribution in [3.8, 4) is 10.6 Å². The number of halogens is 1. The number of hydrogen-bond donors (Lipinski definition) is 2. The number of amides is 2. The Morgan fingerprint density at radius 1 is 1.38 bits per heavy atom. The van der Waals surface area contributed by atoms with Crippen LogP contribution in [0, 0.1) is 12.8 Å². The van der Waals surface area contributed by atoms with Crippen LogP contribution in [0.15, 0.2) is 24.3 Å². The molecule has 0 saturated heterocycles. The molecule has 0 bridgehead atoms. The maximum absolute atomic E-state index is 12.1. The van der Waals surface area contributed by atoms with Gasteiger partial charge in [-0.05, 0) is 44.7 Å². The highest BCUT2D eigenvalue weighted by molar-refractivity contribution is 7.15. The Morgan fingerprint density at radius 3 is 2.81 bits per heavy atom. The Morgan fingerprint density at radius 2 is 2.12 bits per heavy atom. The van der Waals surface area contributed by atoms with Crippen LogP contribution in [0.3, 0.4) is 0 Å². The molecule has 2 amide bonds. The molecule has 26 heavy (non-hydrogen) atoms. The predicted molar refractivity (Wildman–Crippen MR) is 106 cm³/mol. The van der Waals surface area contributed by atoms with Crippen LogP contribution in [0.1, 0.15) is 36.4 Å². The van der Waals surface area contributed by atoms with E-state index >= 15 is 0 Å². The normalized spacial score (nSPS) is 14.9. The van der Waals surface area contributed by atoms with Gasteiger partial charge in [0.2, 0.25) is 0 Å². The summed E-state index contributed by atoms with van der Waals surface area (Å²) in [5.41, 5.74) is 1.96. The van der Waals surface area contributed by atoms with Crippen molar-refractivity contribution in [3.05, 3.63) is 39.9 Å². The van der Waals surface area contributed by atoms with E-state index in [-0.39, 0.29) is 12.1 Å². The summed E-state index contributed by atoms with van der Waals surface area (Å²) in [7, 11) is 0. The fourth-order valence-electron chi connectivity index (χ4n) is 2.61. The van der Waals surface area contributed by atoms with Crippen LogP contribution < -0.4 is 10.6 Å². The molecule has 1 aromatic carbocycles. The molecule has 0 aliphatic heterocycles. The fraction of sp³-hybridized carbons (Fsp3) is 0.474. The van der Waals surface area contributed by atoms with E-state index in [2.05, 4.69) is 15.6 Å². The molecule has 1 saturated carbocycles. The second kappa shape index (κ2) is 8.84. The van der Waals surface area contributed by atoms with Crippen molar-refractivity contribution in [2.75, 3.05) is 19.8 Å². The van der Waals surface area contributed by atoms with Gasteiger partial charge in [0.1, 0.15) is 5.01 Å². The third-order valence-corrected chi connectivity index (χ3v) is 5.89. The zero-order chi connectivity index (χ0) is 18.5. The van der Waals surface area contributed by atoms with E-state index in [1.54, 1.807) is 11.3 Å². The molecule has 2 aromatic rings. The molecule has 3 rings (SSSR count). The monoisotopic (exact) mass is 393 g/mol. The van der Waals surface area contributed by atoms with E-state index in [0.29, 0.717) is 18.2 Å². The number of rotatable bonds is 8. The van der Waals surface area contributed by atoms with Gasteiger partial charge in [0, 0.05) is 23.7 Å². The number of nitrogens with zero attached hydrogens (tertiary/aromatic N) is 1. The Hall–Kier alpha value is -1.63. The van der Waals surface area contributed by atoms with Crippen LogP contribution in [0.5, 0.6) is 0 Å². The third-order valence-electron chi connectivity index (χ3n) is 4.25. The SMILES string of the molecule is Cc1nc(-c2ccc(Cl)cc2)sc1C(C)NC(=O)NCCOCC1CC1. The molecular formula is C19H24ClN3O2S. The molecule has 0 spiro atoms. The second-order valence-electron chi connectivity index (χ2n) is 6.62. The van der Waals surface area contributed by atoms with Gasteiger partial charge in [-0.3, -0.25) is 0 Å². The minimum absolute atomic E-state index is 0.110. The summed E-state index contributed by atoms with van der Waals surface area (Å²) in [4.78, 5) is 17.7. The molecular weight excluding hydrogens is 370 g/mol. The molecule has 7 heteroatoms. The summed E-state index contributed by atoms with van der Waals surface area (Å²) in [6, 6.07) is 7.32. The molecule has 1 aromatic heterocycles. The first kappa shape index (κ1) is 19.1. The molecule has 1 unspecified atom stereocenters. The van der Waals surface area contributed by atoms with Crippen molar-refractivity contribution in [2.24, 2.45) is 5.92 Å². The van der Waals surface area contributed by atoms with Gasteiger partial charge in [0.25, 0.3) is 0 Å². The van der Waals surface area contributed by atoms with E-state index in [1.165, 1.54) is 12.8 Å². The van der Waals surface area contributed by atoms with Crippen LogP contribution in [0.2, 0.25) is 5.02 Å². The molecule has 1 aliphatic carbocycles. The van der Waals surface area contributed by atoms with Gasteiger partial charge in [0.15, 0.2) is 0 Å². The summed E-state index contributed by atoms with van der Waals surface area (Å²) < 4.78 is 5.52. The molecule has 140 valence electrons. The summed E-state index contributed by atoms with van der Waals surface area (Å²) >= 11 is 7.53. The number of ether oxygens (including phenoxy) is 1. The molecule has 1 aliphatic rings. The summed E-state index contributed by atoms with van der Waals surface area (Å²) in [6.07, 6.45) is 2.55. The summed E-state index contributed by atoms with van der Waals surface area (Å²) in [5.74, 6) is 0.744. The lowest BCUT2D eigenvalue weighted by Crippen LogP contribution is -2.38. The van der Waals surface area contributed by atoms with Gasteiger partial charge in [-0.2, -0.15) is 0 Å². The van der Waals surface area contributed by atoms with Crippen molar-refractivity contribution < 1.29 is 9.53 Å². The van der Waals surface area contributed by atoms with Gasteiger partial charge in [-0.25, -0.2) is 9.78 Å². The number of aryl methyl sites for hydroxylation is 1. The minimum Gasteiger partial charge on any atom is -0.379 e. The van der Waals surface area contributed by atoms with Crippen molar-refractivity contribution in [1.82, 2.24) is 15.6 Å². The number of hydrogen-bond acceptors (Lipinski definition) is 4. The highest BCUT2D eigenvalue weighted by Gasteiger charge is 2.21. The molecule has 1 fully saturated rings. The summed E-state index contributed by atoms with van der Waals surface area (Å²) in [5, 5.41) is 7.43. The van der Waals surface area contributed by atoms with Crippen LogP contribution in [-0.4, -0.2) is 30.8 Å². The smallest absolute Gasteiger partial charge is 0.315 e. The summed E-state index contributed by atoms with van der Waals surface area (Å²) in [6.45, 7) is 5.82. The van der Waals surface area contributed by atoms with Gasteiger partial charge in [-0.1, -0.05) is 23.7 Å². The lowest BCUT2D eigenvalue weighted by Gasteiger charge is -2.14. The molecule has 1 atom stereocenters. The van der Waals surface area contributed by atoms with Gasteiger partial charge in [0.05, 0.1) is 23.2 Å². The topological polar surface area (TPSA) is 63.2 Å². The largest absolute Gasteiger partial charge is 0.379 e. The van der Waals surface area contributed by atoms with Gasteiger partial charge >= 0.3 is 6.03 Å². The number of thiazole rings is 1. The third kappa shape index (κ3) is 5.43. The highest BCUT2D eigenvalue weighted by atomic mass is 35.5. The minimum atomic E-state index is -0.187. The average molecular weight is 394 g/mol. The first-order chi connectivity index (χ1) is 12.5. The Bertz CT molecular complexity index is 744. The highest BCUT2D eigenvalue weighted by Crippen LogP contribution is 2.32. The second-order valence-corrected chi connectivity index (χ2v) is 8.08. The number of nitrogens with one attached hydrogen (secondary N) is 2. The first-order valence-corrected chi connectivity index (χ1v) is 10.1. The van der Waals surface area contributed by atoms with E-state index in [0.717, 1.165) is 33.7 Å². The van der Waals surface area contributed by atoms with E-state index in [1.807, 2.05) is 38.1 Å². The Kier molecular flexibility index (Phi) is 6.51. The lowest BCUT2D eigenvalue weighted by molar-refractivity contribution is 0.127. The molecule has 2 N–H and O–H groups in total. The van der Waals surface area contributed by atoms with Gasteiger partial charge < -0.3 is 15.4 Å². The standard InChI is InChI=1S/C19H24ClN3O2S/c1-12-17(26-18(22-12)15-5-7-16(20)8-6-15)13(2)23-19(24)21-9-10-25-11-14-3-4-14/h5-8,13-14H,3-4,9-11H2,1-2H3,(H2,21,23,24). The zero-order valence-corrected chi connectivity index (χ0v) is 16.6. The first-order valence-electron chi connectivity index (χ1n) is 8.88. The number of aromatic nitrogens is 1. The molecule has 5 nitrogen and oxygen atoms in total. The number of benzene rings is 1. The Labute approximate surface area is 163 Å². The maximum Gasteiger partial charge on any atom is 0.315 e. The van der Waals surface area contributed by atoms with E-state index in [4.69, 9.17) is 16.3 Å².